The summed E-state index contributed by atoms with van der Waals surface area (Å²) in [5.41, 5.74) is 2.45. The highest BCUT2D eigenvalue weighted by Crippen LogP contribution is 2.30. The number of halogens is 1. The summed E-state index contributed by atoms with van der Waals surface area (Å²) in [5, 5.41) is 5.13. The van der Waals surface area contributed by atoms with Crippen LogP contribution in [0.15, 0.2) is 18.2 Å². The van der Waals surface area contributed by atoms with Crippen LogP contribution in [-0.4, -0.2) is 17.0 Å². The van der Waals surface area contributed by atoms with Crippen molar-refractivity contribution in [1.82, 2.24) is 0 Å². The first-order chi connectivity index (χ1) is 7.16. The maximum Gasteiger partial charge on any atom is 0.0410 e. The van der Waals surface area contributed by atoms with Crippen LogP contribution in [-0.2, 0) is 0 Å². The van der Waals surface area contributed by atoms with Gasteiger partial charge in [-0.1, -0.05) is 18.5 Å². The number of benzene rings is 1. The molecule has 0 spiro atoms. The Labute approximate surface area is 101 Å². The average molecular weight is 242 g/mol. The van der Waals surface area contributed by atoms with Crippen LogP contribution in [0.2, 0.25) is 5.02 Å². The lowest BCUT2D eigenvalue weighted by atomic mass is 10.1. The molecule has 1 aromatic rings. The smallest absolute Gasteiger partial charge is 0.0410 e. The van der Waals surface area contributed by atoms with Crippen molar-refractivity contribution in [2.75, 3.05) is 11.1 Å². The Morgan fingerprint density at radius 2 is 2.27 bits per heavy atom. The van der Waals surface area contributed by atoms with Gasteiger partial charge in [-0.15, -0.1) is 0 Å². The fourth-order valence-corrected chi connectivity index (χ4v) is 3.33. The van der Waals surface area contributed by atoms with Gasteiger partial charge < -0.3 is 5.32 Å². The van der Waals surface area contributed by atoms with Crippen LogP contribution in [0, 0.1) is 6.92 Å². The van der Waals surface area contributed by atoms with E-state index in [4.69, 9.17) is 11.6 Å². The van der Waals surface area contributed by atoms with Gasteiger partial charge in [0.05, 0.1) is 0 Å². The first-order valence-corrected chi connectivity index (χ1v) is 6.74. The van der Waals surface area contributed by atoms with Gasteiger partial charge in [0.15, 0.2) is 0 Å². The van der Waals surface area contributed by atoms with Crippen molar-refractivity contribution in [2.24, 2.45) is 0 Å². The summed E-state index contributed by atoms with van der Waals surface area (Å²) in [7, 11) is 0. The molecule has 1 aromatic carbocycles. The van der Waals surface area contributed by atoms with Gasteiger partial charge in [0.1, 0.15) is 0 Å². The molecule has 0 aliphatic carbocycles. The van der Waals surface area contributed by atoms with Crippen molar-refractivity contribution in [3.8, 4) is 0 Å². The SMILES string of the molecule is Cc1cc(Cl)ccc1NC1CCSC1C. The molecule has 0 saturated carbocycles. The van der Waals surface area contributed by atoms with E-state index in [2.05, 4.69) is 25.2 Å². The van der Waals surface area contributed by atoms with E-state index >= 15 is 0 Å². The zero-order chi connectivity index (χ0) is 10.8. The molecule has 1 nitrogen and oxygen atoms in total. The maximum atomic E-state index is 5.93. The third-order valence-corrected chi connectivity index (χ3v) is 4.47. The Hall–Kier alpha value is -0.340. The molecule has 0 aromatic heterocycles. The van der Waals surface area contributed by atoms with E-state index in [9.17, 15) is 0 Å². The molecule has 1 aliphatic rings. The van der Waals surface area contributed by atoms with Crippen molar-refractivity contribution < 1.29 is 0 Å². The molecule has 1 aliphatic heterocycles. The van der Waals surface area contributed by atoms with E-state index in [0.29, 0.717) is 11.3 Å². The molecule has 15 heavy (non-hydrogen) atoms. The molecule has 2 unspecified atom stereocenters. The monoisotopic (exact) mass is 241 g/mol. The zero-order valence-corrected chi connectivity index (χ0v) is 10.7. The van der Waals surface area contributed by atoms with Gasteiger partial charge in [-0.25, -0.2) is 0 Å². The van der Waals surface area contributed by atoms with Crippen LogP contribution < -0.4 is 5.32 Å². The second-order valence-electron chi connectivity index (χ2n) is 4.07. The lowest BCUT2D eigenvalue weighted by molar-refractivity contribution is 0.723. The molecule has 1 N–H and O–H groups in total. The Bertz CT molecular complexity index is 353. The van der Waals surface area contributed by atoms with Gasteiger partial charge in [-0.2, -0.15) is 11.8 Å². The molecule has 1 heterocycles. The number of hydrogen-bond acceptors (Lipinski definition) is 2. The number of aryl methyl sites for hydroxylation is 1. The van der Waals surface area contributed by atoms with Crippen LogP contribution in [0.25, 0.3) is 0 Å². The van der Waals surface area contributed by atoms with Crippen molar-refractivity contribution in [1.29, 1.82) is 0 Å². The van der Waals surface area contributed by atoms with Gasteiger partial charge in [0.2, 0.25) is 0 Å². The van der Waals surface area contributed by atoms with Gasteiger partial charge >= 0.3 is 0 Å². The quantitative estimate of drug-likeness (QED) is 0.842. The summed E-state index contributed by atoms with van der Waals surface area (Å²) in [6, 6.07) is 6.64. The Morgan fingerprint density at radius 3 is 2.87 bits per heavy atom. The Balaban J connectivity index is 2.10. The van der Waals surface area contributed by atoms with Crippen molar-refractivity contribution in [3.63, 3.8) is 0 Å². The van der Waals surface area contributed by atoms with E-state index in [1.165, 1.54) is 23.4 Å². The van der Waals surface area contributed by atoms with Gasteiger partial charge in [-0.05, 0) is 42.9 Å². The minimum atomic E-state index is 0.606. The Kier molecular flexibility index (Phi) is 3.47. The largest absolute Gasteiger partial charge is 0.381 e. The first kappa shape index (κ1) is 11.2. The van der Waals surface area contributed by atoms with Crippen molar-refractivity contribution in [3.05, 3.63) is 28.8 Å². The number of nitrogens with one attached hydrogen (secondary N) is 1. The first-order valence-electron chi connectivity index (χ1n) is 5.31. The molecule has 82 valence electrons. The number of rotatable bonds is 2. The fraction of sp³-hybridized carbons (Fsp3) is 0.500. The normalized spacial score (nSPS) is 25.5. The van der Waals surface area contributed by atoms with Crippen molar-refractivity contribution >= 4 is 29.1 Å². The lowest BCUT2D eigenvalue weighted by Gasteiger charge is -2.19. The van der Waals surface area contributed by atoms with Crippen LogP contribution in [0.1, 0.15) is 18.9 Å². The predicted molar refractivity (Wildman–Crippen MR) is 70.1 cm³/mol. The summed E-state index contributed by atoms with van der Waals surface area (Å²) >= 11 is 7.98. The predicted octanol–water partition coefficient (Wildman–Crippen LogP) is 3.95. The summed E-state index contributed by atoms with van der Waals surface area (Å²) in [5.74, 6) is 1.27. The molecule has 2 atom stereocenters. The van der Waals surface area contributed by atoms with E-state index in [-0.39, 0.29) is 0 Å². The summed E-state index contributed by atoms with van der Waals surface area (Å²) < 4.78 is 0. The highest BCUT2D eigenvalue weighted by atomic mass is 35.5. The van der Waals surface area contributed by atoms with Crippen LogP contribution in [0.4, 0.5) is 5.69 Å². The van der Waals surface area contributed by atoms with E-state index in [0.717, 1.165) is 5.02 Å². The zero-order valence-electron chi connectivity index (χ0n) is 9.09. The highest BCUT2D eigenvalue weighted by Gasteiger charge is 2.23. The molecular weight excluding hydrogens is 226 g/mol. The molecular formula is C12H16ClNS. The molecule has 1 fully saturated rings. The maximum absolute atomic E-state index is 5.93. The van der Waals surface area contributed by atoms with Crippen LogP contribution >= 0.6 is 23.4 Å². The van der Waals surface area contributed by atoms with Crippen LogP contribution in [0.5, 0.6) is 0 Å². The standard InChI is InChI=1S/C12H16ClNS/c1-8-7-10(13)3-4-11(8)14-12-5-6-15-9(12)2/h3-4,7,9,12,14H,5-6H2,1-2H3. The van der Waals surface area contributed by atoms with Gasteiger partial charge in [-0.3, -0.25) is 0 Å². The molecule has 0 amide bonds. The number of hydrogen-bond donors (Lipinski definition) is 1. The Morgan fingerprint density at radius 1 is 1.47 bits per heavy atom. The topological polar surface area (TPSA) is 12.0 Å². The second kappa shape index (κ2) is 4.67. The van der Waals surface area contributed by atoms with E-state index < -0.39 is 0 Å². The lowest BCUT2D eigenvalue weighted by Crippen LogP contribution is -2.25. The van der Waals surface area contributed by atoms with E-state index in [1.54, 1.807) is 0 Å². The number of anilines is 1. The average Bonchev–Trinajstić information content (AvgIpc) is 2.57. The fourth-order valence-electron chi connectivity index (χ4n) is 1.91. The number of thioether (sulfide) groups is 1. The second-order valence-corrected chi connectivity index (χ2v) is 6.00. The summed E-state index contributed by atoms with van der Waals surface area (Å²) in [6.45, 7) is 4.39. The highest BCUT2D eigenvalue weighted by molar-refractivity contribution is 8.00. The van der Waals surface area contributed by atoms with Gasteiger partial charge in [0, 0.05) is 22.0 Å². The molecule has 0 bridgehead atoms. The molecule has 0 radical (unpaired) electrons. The van der Waals surface area contributed by atoms with Gasteiger partial charge in [0.25, 0.3) is 0 Å². The third-order valence-electron chi connectivity index (χ3n) is 2.91. The minimum absolute atomic E-state index is 0.606. The minimum Gasteiger partial charge on any atom is -0.381 e. The third kappa shape index (κ3) is 2.61. The summed E-state index contributed by atoms with van der Waals surface area (Å²) in [6.07, 6.45) is 1.26. The van der Waals surface area contributed by atoms with Crippen molar-refractivity contribution in [2.45, 2.75) is 31.6 Å². The molecule has 2 rings (SSSR count). The van der Waals surface area contributed by atoms with Crippen LogP contribution in [0.3, 0.4) is 0 Å². The molecule has 1 saturated heterocycles. The van der Waals surface area contributed by atoms with E-state index in [1.807, 2.05) is 23.9 Å². The summed E-state index contributed by atoms with van der Waals surface area (Å²) in [4.78, 5) is 0. The molecule has 3 heteroatoms.